The number of hydrogen-bond donors (Lipinski definition) is 1. The third-order valence-electron chi connectivity index (χ3n) is 7.13. The number of ether oxygens (including phenoxy) is 2. The lowest BCUT2D eigenvalue weighted by atomic mass is 9.97. The number of halogens is 1. The molecule has 4 rings (SSSR count). The number of carbonyl (C=O) groups excluding carboxylic acids is 2. The van der Waals surface area contributed by atoms with E-state index in [2.05, 4.69) is 4.90 Å². The van der Waals surface area contributed by atoms with Gasteiger partial charge in [0.05, 0.1) is 19.8 Å². The molecule has 2 aromatic rings. The molecule has 2 saturated heterocycles. The van der Waals surface area contributed by atoms with Crippen molar-refractivity contribution in [3.05, 3.63) is 54.1 Å². The molecule has 37 heavy (non-hydrogen) atoms. The smallest absolute Gasteiger partial charge is 0.328 e. The molecule has 1 amide bonds. The molecule has 7 nitrogen and oxygen atoms in total. The van der Waals surface area contributed by atoms with E-state index in [0.717, 1.165) is 42.8 Å². The SMILES string of the molecule is COC(=O)[C@@H]1C[C@@H](O)CN1C(=O)c1ccc(-c2ccc(OCC3CCN(CC(C)(C)F)CC3)cc2)cc1. The fourth-order valence-electron chi connectivity index (χ4n) is 5.17. The van der Waals surface area contributed by atoms with Crippen molar-refractivity contribution < 1.29 is 28.6 Å². The van der Waals surface area contributed by atoms with Gasteiger partial charge in [-0.3, -0.25) is 4.79 Å². The van der Waals surface area contributed by atoms with Crippen molar-refractivity contribution >= 4 is 11.9 Å². The van der Waals surface area contributed by atoms with Gasteiger partial charge in [0.1, 0.15) is 17.5 Å². The predicted octanol–water partition coefficient (Wildman–Crippen LogP) is 3.94. The zero-order valence-electron chi connectivity index (χ0n) is 21.9. The third-order valence-corrected chi connectivity index (χ3v) is 7.13. The molecule has 0 unspecified atom stereocenters. The Labute approximate surface area is 218 Å². The highest BCUT2D eigenvalue weighted by atomic mass is 19.1. The van der Waals surface area contributed by atoms with Crippen molar-refractivity contribution in [1.29, 1.82) is 0 Å². The van der Waals surface area contributed by atoms with E-state index in [1.807, 2.05) is 36.4 Å². The minimum absolute atomic E-state index is 0.108. The number of carbonyl (C=O) groups is 2. The van der Waals surface area contributed by atoms with Crippen molar-refractivity contribution in [2.45, 2.75) is 50.9 Å². The molecular weight excluding hydrogens is 475 g/mol. The van der Waals surface area contributed by atoms with Crippen LogP contribution in [0.1, 0.15) is 43.5 Å². The first-order valence-electron chi connectivity index (χ1n) is 12.9. The summed E-state index contributed by atoms with van der Waals surface area (Å²) in [6.45, 7) is 6.30. The number of hydrogen-bond acceptors (Lipinski definition) is 6. The molecule has 2 atom stereocenters. The van der Waals surface area contributed by atoms with Crippen LogP contribution in [0.3, 0.4) is 0 Å². The summed E-state index contributed by atoms with van der Waals surface area (Å²) in [5.74, 6) is 0.458. The average molecular weight is 513 g/mol. The summed E-state index contributed by atoms with van der Waals surface area (Å²) in [6, 6.07) is 14.3. The number of aliphatic hydroxyl groups is 1. The van der Waals surface area contributed by atoms with Crippen LogP contribution >= 0.6 is 0 Å². The highest BCUT2D eigenvalue weighted by molar-refractivity contribution is 5.97. The minimum atomic E-state index is -1.16. The number of methoxy groups -OCH3 is 1. The molecule has 0 radical (unpaired) electrons. The standard InChI is InChI=1S/C29H37FN2O5/c1-29(2,30)19-31-14-12-20(13-15-31)18-37-25-10-8-22(9-11-25)21-4-6-23(7-5-21)27(34)32-17-24(33)16-26(32)28(35)36-3/h4-11,20,24,26,33H,12-19H2,1-3H3/t24-,26+/m1/s1. The number of rotatable bonds is 8. The number of alkyl halides is 1. The van der Waals surface area contributed by atoms with Gasteiger partial charge in [-0.1, -0.05) is 24.3 Å². The van der Waals surface area contributed by atoms with Crippen LogP contribution in [0.2, 0.25) is 0 Å². The number of amides is 1. The Morgan fingerprint density at radius 2 is 1.62 bits per heavy atom. The van der Waals surface area contributed by atoms with E-state index in [4.69, 9.17) is 9.47 Å². The van der Waals surface area contributed by atoms with Crippen LogP contribution in [0.5, 0.6) is 5.75 Å². The molecule has 2 heterocycles. The summed E-state index contributed by atoms with van der Waals surface area (Å²) in [4.78, 5) is 28.6. The third kappa shape index (κ3) is 7.08. The molecule has 2 fully saturated rings. The molecule has 200 valence electrons. The lowest BCUT2D eigenvalue weighted by molar-refractivity contribution is -0.145. The summed E-state index contributed by atoms with van der Waals surface area (Å²) in [5.41, 5.74) is 1.24. The van der Waals surface area contributed by atoms with E-state index in [1.54, 1.807) is 26.0 Å². The monoisotopic (exact) mass is 512 g/mol. The lowest BCUT2D eigenvalue weighted by Crippen LogP contribution is -2.41. The molecule has 0 aromatic heterocycles. The Bertz CT molecular complexity index is 1060. The van der Waals surface area contributed by atoms with Crippen LogP contribution in [-0.4, -0.2) is 84.5 Å². The number of benzene rings is 2. The van der Waals surface area contributed by atoms with Crippen LogP contribution in [0.25, 0.3) is 11.1 Å². The van der Waals surface area contributed by atoms with Crippen molar-refractivity contribution in [1.82, 2.24) is 9.80 Å². The lowest BCUT2D eigenvalue weighted by Gasteiger charge is -2.34. The Kier molecular flexibility index (Phi) is 8.49. The fraction of sp³-hybridized carbons (Fsp3) is 0.517. The minimum Gasteiger partial charge on any atom is -0.493 e. The summed E-state index contributed by atoms with van der Waals surface area (Å²) in [7, 11) is 1.28. The molecule has 2 aliphatic heterocycles. The van der Waals surface area contributed by atoms with Crippen molar-refractivity contribution in [3.8, 4) is 16.9 Å². The van der Waals surface area contributed by atoms with E-state index in [9.17, 15) is 19.1 Å². The van der Waals surface area contributed by atoms with Gasteiger partial charge in [0.2, 0.25) is 0 Å². The maximum absolute atomic E-state index is 13.9. The number of aliphatic hydroxyl groups excluding tert-OH is 1. The molecule has 1 N–H and O–H groups in total. The van der Waals surface area contributed by atoms with Gasteiger partial charge in [0.25, 0.3) is 5.91 Å². The van der Waals surface area contributed by atoms with Gasteiger partial charge in [0, 0.05) is 25.1 Å². The van der Waals surface area contributed by atoms with E-state index in [1.165, 1.54) is 12.0 Å². The number of esters is 1. The topological polar surface area (TPSA) is 79.3 Å². The normalized spacial score (nSPS) is 21.2. The van der Waals surface area contributed by atoms with Crippen LogP contribution in [0.15, 0.2) is 48.5 Å². The van der Waals surface area contributed by atoms with E-state index in [0.29, 0.717) is 24.6 Å². The second-order valence-electron chi connectivity index (χ2n) is 10.7. The maximum atomic E-state index is 13.9. The zero-order chi connectivity index (χ0) is 26.6. The van der Waals surface area contributed by atoms with Crippen LogP contribution in [-0.2, 0) is 9.53 Å². The molecule has 2 aromatic carbocycles. The number of piperidine rings is 1. The summed E-state index contributed by atoms with van der Waals surface area (Å²) in [6.07, 6.45) is 1.46. The van der Waals surface area contributed by atoms with Gasteiger partial charge in [-0.15, -0.1) is 0 Å². The second kappa shape index (κ2) is 11.6. The van der Waals surface area contributed by atoms with Crippen LogP contribution < -0.4 is 4.74 Å². The highest BCUT2D eigenvalue weighted by Crippen LogP contribution is 2.27. The largest absolute Gasteiger partial charge is 0.493 e. The summed E-state index contributed by atoms with van der Waals surface area (Å²) < 4.78 is 24.7. The number of nitrogens with zero attached hydrogens (tertiary/aromatic N) is 2. The molecule has 0 bridgehead atoms. The van der Waals surface area contributed by atoms with Crippen LogP contribution in [0, 0.1) is 5.92 Å². The zero-order valence-corrected chi connectivity index (χ0v) is 21.9. The number of likely N-dealkylation sites (tertiary alicyclic amines) is 2. The van der Waals surface area contributed by atoms with Gasteiger partial charge >= 0.3 is 5.97 Å². The fourth-order valence-corrected chi connectivity index (χ4v) is 5.17. The van der Waals surface area contributed by atoms with Gasteiger partial charge < -0.3 is 24.4 Å². The Balaban J connectivity index is 1.30. The highest BCUT2D eigenvalue weighted by Gasteiger charge is 2.39. The quantitative estimate of drug-likeness (QED) is 0.540. The van der Waals surface area contributed by atoms with Gasteiger partial charge in [-0.05, 0) is 81.1 Å². The van der Waals surface area contributed by atoms with Crippen LogP contribution in [0.4, 0.5) is 4.39 Å². The second-order valence-corrected chi connectivity index (χ2v) is 10.7. The van der Waals surface area contributed by atoms with E-state index >= 15 is 0 Å². The van der Waals surface area contributed by atoms with E-state index < -0.39 is 23.8 Å². The van der Waals surface area contributed by atoms with Crippen molar-refractivity contribution in [2.24, 2.45) is 5.92 Å². The van der Waals surface area contributed by atoms with Gasteiger partial charge in [-0.2, -0.15) is 0 Å². The first-order chi connectivity index (χ1) is 17.6. The molecule has 8 heteroatoms. The molecule has 2 aliphatic rings. The van der Waals surface area contributed by atoms with Gasteiger partial charge in [0.15, 0.2) is 0 Å². The first-order valence-corrected chi connectivity index (χ1v) is 12.9. The Hall–Kier alpha value is -2.97. The molecule has 0 aliphatic carbocycles. The molecular formula is C29H37FN2O5. The number of β-amino-alcohol motifs (C(OH)–C–C–N with tert-alkyl or cyclic N) is 1. The maximum Gasteiger partial charge on any atom is 0.328 e. The predicted molar refractivity (Wildman–Crippen MR) is 139 cm³/mol. The van der Waals surface area contributed by atoms with Crippen molar-refractivity contribution in [2.75, 3.05) is 39.9 Å². The first kappa shape index (κ1) is 27.1. The van der Waals surface area contributed by atoms with Crippen molar-refractivity contribution in [3.63, 3.8) is 0 Å². The molecule has 0 spiro atoms. The summed E-state index contributed by atoms with van der Waals surface area (Å²) in [5, 5.41) is 9.96. The van der Waals surface area contributed by atoms with E-state index in [-0.39, 0.29) is 18.9 Å². The Morgan fingerprint density at radius 3 is 2.19 bits per heavy atom. The molecule has 0 saturated carbocycles. The summed E-state index contributed by atoms with van der Waals surface area (Å²) >= 11 is 0. The average Bonchev–Trinajstić information content (AvgIpc) is 3.28. The van der Waals surface area contributed by atoms with Gasteiger partial charge in [-0.25, -0.2) is 9.18 Å². The Morgan fingerprint density at radius 1 is 1.03 bits per heavy atom.